The van der Waals surface area contributed by atoms with E-state index in [1.165, 1.54) is 74.8 Å². The third-order valence-corrected chi connectivity index (χ3v) is 7.22. The van der Waals surface area contributed by atoms with E-state index in [1.807, 2.05) is 0 Å². The summed E-state index contributed by atoms with van der Waals surface area (Å²) in [5.41, 5.74) is 4.79. The van der Waals surface area contributed by atoms with Crippen molar-refractivity contribution in [2.45, 2.75) is 51.1 Å². The van der Waals surface area contributed by atoms with E-state index in [0.717, 1.165) is 17.3 Å². The quantitative estimate of drug-likeness (QED) is 0.418. The average Bonchev–Trinajstić information content (AvgIpc) is 2.84. The van der Waals surface area contributed by atoms with Crippen LogP contribution >= 0.6 is 24.8 Å². The van der Waals surface area contributed by atoms with Gasteiger partial charge in [0.1, 0.15) is 0 Å². The summed E-state index contributed by atoms with van der Waals surface area (Å²) in [5, 5.41) is 1.29. The number of fused-ring (bicyclic) bond motifs is 1. The Kier molecular flexibility index (Phi) is 8.95. The Balaban J connectivity index is 0.00000144. The minimum Gasteiger partial charge on any atom is -0.300 e. The average molecular weight is 473 g/mol. The van der Waals surface area contributed by atoms with Gasteiger partial charge in [-0.2, -0.15) is 0 Å². The van der Waals surface area contributed by atoms with Gasteiger partial charge in [-0.1, -0.05) is 55.0 Å². The Morgan fingerprint density at radius 2 is 1.47 bits per heavy atom. The van der Waals surface area contributed by atoms with Gasteiger partial charge >= 0.3 is 0 Å². The lowest BCUT2D eigenvalue weighted by Crippen LogP contribution is -2.47. The third kappa shape index (κ3) is 5.28. The van der Waals surface area contributed by atoms with Crippen LogP contribution in [0.3, 0.4) is 0 Å². The molecule has 172 valence electrons. The molecule has 0 amide bonds. The van der Waals surface area contributed by atoms with Crippen LogP contribution in [0.5, 0.6) is 0 Å². The summed E-state index contributed by atoms with van der Waals surface area (Å²) in [4.78, 5) is 10.4. The molecule has 0 spiro atoms. The number of nitrogens with zero attached hydrogens (tertiary/aromatic N) is 3. The van der Waals surface area contributed by atoms with Gasteiger partial charge < -0.3 is 4.90 Å². The Bertz CT molecular complexity index is 981. The summed E-state index contributed by atoms with van der Waals surface area (Å²) < 4.78 is 0. The molecule has 5 heteroatoms. The Hall–Kier alpha value is -1.65. The van der Waals surface area contributed by atoms with Crippen molar-refractivity contribution in [2.24, 2.45) is 0 Å². The van der Waals surface area contributed by atoms with E-state index in [2.05, 4.69) is 77.4 Å². The summed E-state index contributed by atoms with van der Waals surface area (Å²) in [7, 11) is 0. The summed E-state index contributed by atoms with van der Waals surface area (Å²) in [6, 6.07) is 22.8. The van der Waals surface area contributed by atoms with E-state index in [4.69, 9.17) is 4.98 Å². The highest BCUT2D eigenvalue weighted by Crippen LogP contribution is 2.33. The molecule has 2 aliphatic rings. The van der Waals surface area contributed by atoms with Crippen molar-refractivity contribution in [3.05, 3.63) is 66.2 Å². The van der Waals surface area contributed by atoms with Crippen molar-refractivity contribution in [3.8, 4) is 11.3 Å². The molecule has 0 aliphatic carbocycles. The number of likely N-dealkylation sites (tertiary alicyclic amines) is 2. The zero-order valence-corrected chi connectivity index (χ0v) is 20.6. The molecule has 5 rings (SSSR count). The predicted octanol–water partition coefficient (Wildman–Crippen LogP) is 6.76. The molecular formula is C27H35Cl2N3. The highest BCUT2D eigenvalue weighted by atomic mass is 35.5. The molecular weight excluding hydrogens is 437 g/mol. The molecule has 1 aromatic heterocycles. The van der Waals surface area contributed by atoms with E-state index in [9.17, 15) is 0 Å². The van der Waals surface area contributed by atoms with Gasteiger partial charge in [0.2, 0.25) is 0 Å². The SMILES string of the molecule is CC(c1cc(-c2ccccc2)nc2ccccc12)N1CCC(N2CCCCC2)CC1.Cl.Cl. The second-order valence-corrected chi connectivity index (χ2v) is 9.02. The standard InChI is InChI=1S/C27H33N3.2ClH/c1-21(29-18-14-23(15-19-29)30-16-8-3-9-17-30)25-20-27(22-10-4-2-5-11-22)28-26-13-7-6-12-24(25)26;;/h2,4-7,10-13,20-21,23H,3,8-9,14-19H2,1H3;2*1H. The number of halogens is 2. The summed E-state index contributed by atoms with van der Waals surface area (Å²) in [6.45, 7) is 7.41. The molecule has 3 nitrogen and oxygen atoms in total. The monoisotopic (exact) mass is 471 g/mol. The van der Waals surface area contributed by atoms with Crippen LogP contribution in [-0.4, -0.2) is 47.0 Å². The van der Waals surface area contributed by atoms with Gasteiger partial charge in [-0.15, -0.1) is 24.8 Å². The van der Waals surface area contributed by atoms with Crippen LogP contribution in [-0.2, 0) is 0 Å². The molecule has 3 aromatic rings. The summed E-state index contributed by atoms with van der Waals surface area (Å²) in [5.74, 6) is 0. The number of hydrogen-bond donors (Lipinski definition) is 0. The molecule has 2 aromatic carbocycles. The number of piperidine rings is 2. The minimum atomic E-state index is 0. The lowest BCUT2D eigenvalue weighted by Gasteiger charge is -2.42. The number of pyridine rings is 1. The Morgan fingerprint density at radius 1 is 0.812 bits per heavy atom. The van der Waals surface area contributed by atoms with Crippen LogP contribution in [0.1, 0.15) is 50.6 Å². The van der Waals surface area contributed by atoms with E-state index in [1.54, 1.807) is 0 Å². The molecule has 0 saturated carbocycles. The van der Waals surface area contributed by atoms with Gasteiger partial charge in [0.25, 0.3) is 0 Å². The second-order valence-electron chi connectivity index (χ2n) is 9.02. The fourth-order valence-electron chi connectivity index (χ4n) is 5.42. The van der Waals surface area contributed by atoms with E-state index in [-0.39, 0.29) is 24.8 Å². The van der Waals surface area contributed by atoms with Gasteiger partial charge in [-0.05, 0) is 63.4 Å². The number of rotatable bonds is 4. The number of para-hydroxylation sites is 1. The fraction of sp³-hybridized carbons (Fsp3) is 0.444. The fourth-order valence-corrected chi connectivity index (χ4v) is 5.42. The first-order chi connectivity index (χ1) is 14.8. The Morgan fingerprint density at radius 3 is 2.19 bits per heavy atom. The maximum atomic E-state index is 4.98. The Labute approximate surface area is 205 Å². The maximum absolute atomic E-state index is 4.98. The molecule has 3 heterocycles. The first kappa shape index (κ1) is 25.0. The van der Waals surface area contributed by atoms with Crippen molar-refractivity contribution < 1.29 is 0 Å². The van der Waals surface area contributed by atoms with Crippen LogP contribution in [0.4, 0.5) is 0 Å². The van der Waals surface area contributed by atoms with Crippen molar-refractivity contribution in [3.63, 3.8) is 0 Å². The minimum absolute atomic E-state index is 0. The zero-order chi connectivity index (χ0) is 20.3. The predicted molar refractivity (Wildman–Crippen MR) is 140 cm³/mol. The van der Waals surface area contributed by atoms with Crippen molar-refractivity contribution in [2.75, 3.05) is 26.2 Å². The summed E-state index contributed by atoms with van der Waals surface area (Å²) >= 11 is 0. The highest BCUT2D eigenvalue weighted by molar-refractivity contribution is 5.86. The van der Waals surface area contributed by atoms with Crippen LogP contribution < -0.4 is 0 Å². The van der Waals surface area contributed by atoms with Gasteiger partial charge in [-0.3, -0.25) is 4.90 Å². The molecule has 2 saturated heterocycles. The highest BCUT2D eigenvalue weighted by Gasteiger charge is 2.28. The second kappa shape index (κ2) is 11.5. The number of aromatic nitrogens is 1. The third-order valence-electron chi connectivity index (χ3n) is 7.22. The molecule has 0 radical (unpaired) electrons. The van der Waals surface area contributed by atoms with Crippen LogP contribution in [0.2, 0.25) is 0 Å². The number of hydrogen-bond acceptors (Lipinski definition) is 3. The molecule has 1 atom stereocenters. The van der Waals surface area contributed by atoms with Crippen molar-refractivity contribution >= 4 is 35.7 Å². The van der Waals surface area contributed by atoms with Crippen LogP contribution in [0, 0.1) is 0 Å². The lowest BCUT2D eigenvalue weighted by molar-refractivity contribution is 0.0761. The van der Waals surface area contributed by atoms with E-state index >= 15 is 0 Å². The smallest absolute Gasteiger partial charge is 0.0713 e. The first-order valence-corrected chi connectivity index (χ1v) is 11.7. The zero-order valence-electron chi connectivity index (χ0n) is 19.0. The largest absolute Gasteiger partial charge is 0.300 e. The molecule has 0 N–H and O–H groups in total. The van der Waals surface area contributed by atoms with Crippen LogP contribution in [0.25, 0.3) is 22.2 Å². The van der Waals surface area contributed by atoms with Crippen molar-refractivity contribution in [1.82, 2.24) is 14.8 Å². The van der Waals surface area contributed by atoms with E-state index in [0.29, 0.717) is 6.04 Å². The van der Waals surface area contributed by atoms with E-state index < -0.39 is 0 Å². The summed E-state index contributed by atoms with van der Waals surface area (Å²) in [6.07, 6.45) is 6.81. The van der Waals surface area contributed by atoms with Gasteiger partial charge in [0.05, 0.1) is 11.2 Å². The molecule has 2 fully saturated rings. The lowest BCUT2D eigenvalue weighted by atomic mass is 9.95. The molecule has 2 aliphatic heterocycles. The first-order valence-electron chi connectivity index (χ1n) is 11.7. The van der Waals surface area contributed by atoms with Crippen molar-refractivity contribution in [1.29, 1.82) is 0 Å². The van der Waals surface area contributed by atoms with Crippen LogP contribution in [0.15, 0.2) is 60.7 Å². The van der Waals surface area contributed by atoms with Gasteiger partial charge in [-0.25, -0.2) is 4.98 Å². The normalized spacial score (nSPS) is 19.2. The number of benzene rings is 2. The molecule has 1 unspecified atom stereocenters. The van der Waals surface area contributed by atoms with Gasteiger partial charge in [0, 0.05) is 36.1 Å². The molecule has 32 heavy (non-hydrogen) atoms. The topological polar surface area (TPSA) is 19.4 Å². The van der Waals surface area contributed by atoms with Gasteiger partial charge in [0.15, 0.2) is 0 Å². The molecule has 0 bridgehead atoms. The maximum Gasteiger partial charge on any atom is 0.0713 e.